The van der Waals surface area contributed by atoms with E-state index in [1.54, 1.807) is 6.07 Å². The molecule has 1 aliphatic carbocycles. The van der Waals surface area contributed by atoms with Gasteiger partial charge in [0, 0.05) is 6.04 Å². The Balaban J connectivity index is 2.01. The minimum atomic E-state index is -0.188. The van der Waals surface area contributed by atoms with Crippen LogP contribution in [0.1, 0.15) is 38.7 Å². The minimum Gasteiger partial charge on any atom is -0.494 e. The molecule has 3 heteroatoms. The molecule has 0 saturated heterocycles. The average Bonchev–Trinajstić information content (AvgIpc) is 2.80. The molecule has 0 aliphatic heterocycles. The van der Waals surface area contributed by atoms with Crippen LogP contribution in [0.5, 0.6) is 5.75 Å². The number of methoxy groups -OCH3 is 1. The molecule has 2 nitrogen and oxygen atoms in total. The zero-order valence-corrected chi connectivity index (χ0v) is 12.8. The fourth-order valence-electron chi connectivity index (χ4n) is 3.31. The Labute approximate surface area is 121 Å². The molecule has 1 N–H and O–H groups in total. The largest absolute Gasteiger partial charge is 0.494 e. The fraction of sp³-hybridized carbons (Fsp3) is 0.647. The van der Waals surface area contributed by atoms with Gasteiger partial charge in [-0.2, -0.15) is 0 Å². The Morgan fingerprint density at radius 1 is 1.35 bits per heavy atom. The van der Waals surface area contributed by atoms with Gasteiger partial charge in [-0.15, -0.1) is 0 Å². The standard InChI is InChI=1S/C17H26FNO/c1-4-10-19-15-9-8-13(12(15)2)11-14-6-5-7-16(20-3)17(14)18/h5-7,12-13,15,19H,4,8-11H2,1-3H3. The van der Waals surface area contributed by atoms with Gasteiger partial charge in [-0.25, -0.2) is 4.39 Å². The molecule has 0 radical (unpaired) electrons. The van der Waals surface area contributed by atoms with Gasteiger partial charge in [0.2, 0.25) is 0 Å². The Morgan fingerprint density at radius 2 is 2.15 bits per heavy atom. The van der Waals surface area contributed by atoms with E-state index >= 15 is 0 Å². The van der Waals surface area contributed by atoms with Gasteiger partial charge >= 0.3 is 0 Å². The topological polar surface area (TPSA) is 21.3 Å². The molecule has 0 amide bonds. The third-order valence-electron chi connectivity index (χ3n) is 4.63. The molecule has 0 heterocycles. The molecule has 2 rings (SSSR count). The normalized spacial score (nSPS) is 25.9. The summed E-state index contributed by atoms with van der Waals surface area (Å²) in [7, 11) is 1.52. The highest BCUT2D eigenvalue weighted by Gasteiger charge is 2.32. The molecule has 0 bridgehead atoms. The number of rotatable bonds is 6. The van der Waals surface area contributed by atoms with Gasteiger partial charge in [0.25, 0.3) is 0 Å². The summed E-state index contributed by atoms with van der Waals surface area (Å²) in [4.78, 5) is 0. The summed E-state index contributed by atoms with van der Waals surface area (Å²) in [5.41, 5.74) is 0.789. The lowest BCUT2D eigenvalue weighted by molar-refractivity contribution is 0.344. The van der Waals surface area contributed by atoms with Crippen molar-refractivity contribution in [3.63, 3.8) is 0 Å². The lowest BCUT2D eigenvalue weighted by atomic mass is 9.89. The van der Waals surface area contributed by atoms with Crippen molar-refractivity contribution in [2.75, 3.05) is 13.7 Å². The van der Waals surface area contributed by atoms with Crippen molar-refractivity contribution in [2.24, 2.45) is 11.8 Å². The van der Waals surface area contributed by atoms with E-state index in [0.717, 1.165) is 18.5 Å². The predicted molar refractivity (Wildman–Crippen MR) is 80.6 cm³/mol. The molecule has 1 saturated carbocycles. The van der Waals surface area contributed by atoms with Crippen LogP contribution in [0.4, 0.5) is 4.39 Å². The van der Waals surface area contributed by atoms with Crippen molar-refractivity contribution >= 4 is 0 Å². The second-order valence-corrected chi connectivity index (χ2v) is 5.89. The van der Waals surface area contributed by atoms with E-state index in [1.165, 1.54) is 26.4 Å². The first-order valence-electron chi connectivity index (χ1n) is 7.72. The van der Waals surface area contributed by atoms with Crippen molar-refractivity contribution in [1.82, 2.24) is 5.32 Å². The van der Waals surface area contributed by atoms with Crippen molar-refractivity contribution < 1.29 is 9.13 Å². The van der Waals surface area contributed by atoms with Crippen LogP contribution in [0.25, 0.3) is 0 Å². The van der Waals surface area contributed by atoms with Gasteiger partial charge in [-0.1, -0.05) is 26.0 Å². The summed E-state index contributed by atoms with van der Waals surface area (Å²) >= 11 is 0. The van der Waals surface area contributed by atoms with Gasteiger partial charge in [-0.05, 0) is 55.7 Å². The molecular weight excluding hydrogens is 253 g/mol. The van der Waals surface area contributed by atoms with Crippen LogP contribution in [-0.4, -0.2) is 19.7 Å². The molecule has 1 aliphatic rings. The summed E-state index contributed by atoms with van der Waals surface area (Å²) in [6, 6.07) is 6.04. The summed E-state index contributed by atoms with van der Waals surface area (Å²) in [5, 5.41) is 3.62. The van der Waals surface area contributed by atoms with E-state index in [4.69, 9.17) is 4.74 Å². The number of hydrogen-bond acceptors (Lipinski definition) is 2. The third-order valence-corrected chi connectivity index (χ3v) is 4.63. The summed E-state index contributed by atoms with van der Waals surface area (Å²) in [6.07, 6.45) is 4.36. The Bertz CT molecular complexity index is 435. The van der Waals surface area contributed by atoms with E-state index in [2.05, 4.69) is 19.2 Å². The fourth-order valence-corrected chi connectivity index (χ4v) is 3.31. The van der Waals surface area contributed by atoms with Gasteiger partial charge in [0.15, 0.2) is 11.6 Å². The van der Waals surface area contributed by atoms with Crippen LogP contribution < -0.4 is 10.1 Å². The quantitative estimate of drug-likeness (QED) is 0.855. The second-order valence-electron chi connectivity index (χ2n) is 5.89. The molecule has 3 unspecified atom stereocenters. The van der Waals surface area contributed by atoms with Crippen LogP contribution >= 0.6 is 0 Å². The first-order chi connectivity index (χ1) is 9.67. The van der Waals surface area contributed by atoms with Crippen LogP contribution in [0.2, 0.25) is 0 Å². The minimum absolute atomic E-state index is 0.188. The highest BCUT2D eigenvalue weighted by molar-refractivity contribution is 5.31. The molecule has 3 atom stereocenters. The monoisotopic (exact) mass is 279 g/mol. The van der Waals surface area contributed by atoms with Crippen LogP contribution in [0, 0.1) is 17.7 Å². The molecular formula is C17H26FNO. The first-order valence-corrected chi connectivity index (χ1v) is 7.72. The van der Waals surface area contributed by atoms with Crippen molar-refractivity contribution in [3.05, 3.63) is 29.6 Å². The lowest BCUT2D eigenvalue weighted by Crippen LogP contribution is -2.33. The number of nitrogens with one attached hydrogen (secondary N) is 1. The van der Waals surface area contributed by atoms with Crippen molar-refractivity contribution in [1.29, 1.82) is 0 Å². The van der Waals surface area contributed by atoms with E-state index in [9.17, 15) is 4.39 Å². The summed E-state index contributed by atoms with van der Waals surface area (Å²) in [5.74, 6) is 1.33. The molecule has 1 aromatic carbocycles. The third kappa shape index (κ3) is 3.32. The zero-order chi connectivity index (χ0) is 14.5. The summed E-state index contributed by atoms with van der Waals surface area (Å²) in [6.45, 7) is 5.56. The molecule has 0 aromatic heterocycles. The van der Waals surface area contributed by atoms with Crippen LogP contribution in [0.3, 0.4) is 0 Å². The molecule has 1 fully saturated rings. The number of ether oxygens (including phenoxy) is 1. The number of halogens is 1. The molecule has 0 spiro atoms. The van der Waals surface area contributed by atoms with E-state index in [0.29, 0.717) is 23.6 Å². The summed E-state index contributed by atoms with van der Waals surface area (Å²) < 4.78 is 19.3. The maximum absolute atomic E-state index is 14.2. The van der Waals surface area contributed by atoms with Gasteiger partial charge in [-0.3, -0.25) is 0 Å². The smallest absolute Gasteiger partial charge is 0.168 e. The number of hydrogen-bond donors (Lipinski definition) is 1. The lowest BCUT2D eigenvalue weighted by Gasteiger charge is -2.22. The number of benzene rings is 1. The SMILES string of the molecule is CCCNC1CCC(Cc2cccc(OC)c2F)C1C. The van der Waals surface area contributed by atoms with Gasteiger partial charge in [0.05, 0.1) is 7.11 Å². The Hall–Kier alpha value is -1.09. The van der Waals surface area contributed by atoms with Crippen molar-refractivity contribution in [2.45, 2.75) is 45.6 Å². The molecule has 112 valence electrons. The maximum atomic E-state index is 14.2. The average molecular weight is 279 g/mol. The van der Waals surface area contributed by atoms with Crippen LogP contribution in [0.15, 0.2) is 18.2 Å². The highest BCUT2D eigenvalue weighted by Crippen LogP contribution is 2.35. The van der Waals surface area contributed by atoms with Gasteiger partial charge in [0.1, 0.15) is 0 Å². The first kappa shape index (κ1) is 15.3. The van der Waals surface area contributed by atoms with Crippen LogP contribution in [-0.2, 0) is 6.42 Å². The predicted octanol–water partition coefficient (Wildman–Crippen LogP) is 3.79. The van der Waals surface area contributed by atoms with Gasteiger partial charge < -0.3 is 10.1 Å². The molecule has 1 aromatic rings. The molecule has 20 heavy (non-hydrogen) atoms. The highest BCUT2D eigenvalue weighted by atomic mass is 19.1. The maximum Gasteiger partial charge on any atom is 0.168 e. The zero-order valence-electron chi connectivity index (χ0n) is 12.8. The Kier molecular flexibility index (Phi) is 5.41. The Morgan fingerprint density at radius 3 is 2.85 bits per heavy atom. The second kappa shape index (κ2) is 7.07. The van der Waals surface area contributed by atoms with E-state index in [-0.39, 0.29) is 5.82 Å². The van der Waals surface area contributed by atoms with E-state index < -0.39 is 0 Å². The van der Waals surface area contributed by atoms with Crippen molar-refractivity contribution in [3.8, 4) is 5.75 Å². The van der Waals surface area contributed by atoms with E-state index in [1.807, 2.05) is 12.1 Å².